The Kier molecular flexibility index (Phi) is 8.81. The molecule has 7 nitrogen and oxygen atoms in total. The molecule has 1 heterocycles. The number of carbonyl (C=O) groups is 2. The summed E-state index contributed by atoms with van der Waals surface area (Å²) in [5, 5.41) is 5.32. The van der Waals surface area contributed by atoms with Crippen LogP contribution in [0.3, 0.4) is 0 Å². The maximum absolute atomic E-state index is 13.2. The third kappa shape index (κ3) is 8.35. The lowest BCUT2D eigenvalue weighted by atomic mass is 10.1. The summed E-state index contributed by atoms with van der Waals surface area (Å²) >= 11 is 0. The highest BCUT2D eigenvalue weighted by molar-refractivity contribution is 5.85. The van der Waals surface area contributed by atoms with E-state index in [0.717, 1.165) is 44.2 Å². The number of hydrogen-bond acceptors (Lipinski definition) is 5. The second-order valence-corrected chi connectivity index (χ2v) is 7.31. The molecule has 3 rings (SSSR count). The standard InChI is InChI=1S/C23H28FN3O4/c24-20-5-1-3-18(13-20)15-22(28)26-17-23(29)25-16-19-4-2-6-21(14-19)31-12-9-27-7-10-30-11-8-27/h1-6,13-14H,7-12,15-17H2,(H,25,29)(H,26,28). The number of hydrogen-bond donors (Lipinski definition) is 2. The number of halogens is 1. The average Bonchev–Trinajstić information content (AvgIpc) is 2.77. The maximum atomic E-state index is 13.2. The minimum absolute atomic E-state index is 0.0227. The summed E-state index contributed by atoms with van der Waals surface area (Å²) in [6.07, 6.45) is 0.0227. The van der Waals surface area contributed by atoms with Gasteiger partial charge >= 0.3 is 0 Å². The van der Waals surface area contributed by atoms with E-state index in [1.807, 2.05) is 24.3 Å². The van der Waals surface area contributed by atoms with E-state index in [1.54, 1.807) is 12.1 Å². The van der Waals surface area contributed by atoms with Gasteiger partial charge in [-0.3, -0.25) is 14.5 Å². The number of ether oxygens (including phenoxy) is 2. The van der Waals surface area contributed by atoms with Gasteiger partial charge in [0.15, 0.2) is 0 Å². The van der Waals surface area contributed by atoms with Crippen molar-refractivity contribution in [2.45, 2.75) is 13.0 Å². The van der Waals surface area contributed by atoms with Gasteiger partial charge in [0.05, 0.1) is 26.2 Å². The molecule has 166 valence electrons. The van der Waals surface area contributed by atoms with Crippen molar-refractivity contribution in [2.24, 2.45) is 0 Å². The van der Waals surface area contributed by atoms with E-state index in [1.165, 1.54) is 12.1 Å². The highest BCUT2D eigenvalue weighted by Crippen LogP contribution is 2.13. The first-order chi connectivity index (χ1) is 15.1. The van der Waals surface area contributed by atoms with Gasteiger partial charge in [0.2, 0.25) is 11.8 Å². The third-order valence-electron chi connectivity index (χ3n) is 4.87. The van der Waals surface area contributed by atoms with Crippen molar-refractivity contribution in [1.29, 1.82) is 0 Å². The summed E-state index contributed by atoms with van der Waals surface area (Å²) in [4.78, 5) is 26.2. The Balaban J connectivity index is 1.34. The fraction of sp³-hybridized carbons (Fsp3) is 0.391. The lowest BCUT2D eigenvalue weighted by Gasteiger charge is -2.26. The summed E-state index contributed by atoms with van der Waals surface area (Å²) in [7, 11) is 0. The largest absolute Gasteiger partial charge is 0.492 e. The van der Waals surface area contributed by atoms with Crippen molar-refractivity contribution in [2.75, 3.05) is 46.0 Å². The van der Waals surface area contributed by atoms with Crippen LogP contribution in [0, 0.1) is 5.82 Å². The molecule has 1 fully saturated rings. The number of carbonyl (C=O) groups excluding carboxylic acids is 2. The molecule has 2 aromatic rings. The quantitative estimate of drug-likeness (QED) is 0.599. The van der Waals surface area contributed by atoms with Crippen LogP contribution in [0.4, 0.5) is 4.39 Å². The number of nitrogens with one attached hydrogen (secondary N) is 2. The van der Waals surface area contributed by atoms with E-state index in [4.69, 9.17) is 9.47 Å². The monoisotopic (exact) mass is 429 g/mol. The predicted molar refractivity (Wildman–Crippen MR) is 114 cm³/mol. The van der Waals surface area contributed by atoms with E-state index < -0.39 is 5.82 Å². The first kappa shape index (κ1) is 22.7. The second-order valence-electron chi connectivity index (χ2n) is 7.31. The fourth-order valence-electron chi connectivity index (χ4n) is 3.20. The molecule has 0 aromatic heterocycles. The Morgan fingerprint density at radius 3 is 2.58 bits per heavy atom. The fourth-order valence-corrected chi connectivity index (χ4v) is 3.20. The summed E-state index contributed by atoms with van der Waals surface area (Å²) in [5.74, 6) is -0.276. The van der Waals surface area contributed by atoms with Crippen molar-refractivity contribution >= 4 is 11.8 Å². The van der Waals surface area contributed by atoms with Gasteiger partial charge in [-0.05, 0) is 35.4 Å². The predicted octanol–water partition coefficient (Wildman–Crippen LogP) is 1.51. The molecule has 0 unspecified atom stereocenters. The summed E-state index contributed by atoms with van der Waals surface area (Å²) in [6.45, 7) is 5.01. The Morgan fingerprint density at radius 2 is 1.77 bits per heavy atom. The highest BCUT2D eigenvalue weighted by Gasteiger charge is 2.10. The number of benzene rings is 2. The van der Waals surface area contributed by atoms with Crippen molar-refractivity contribution < 1.29 is 23.5 Å². The van der Waals surface area contributed by atoms with Gasteiger partial charge in [-0.25, -0.2) is 4.39 Å². The molecular formula is C23H28FN3O4. The topological polar surface area (TPSA) is 79.9 Å². The second kappa shape index (κ2) is 12.0. The molecule has 2 N–H and O–H groups in total. The zero-order chi connectivity index (χ0) is 21.9. The Morgan fingerprint density at radius 1 is 1.00 bits per heavy atom. The van der Waals surface area contributed by atoms with Crippen LogP contribution < -0.4 is 15.4 Å². The van der Waals surface area contributed by atoms with Gasteiger partial charge in [0.25, 0.3) is 0 Å². The Bertz CT molecular complexity index is 871. The summed E-state index contributed by atoms with van der Waals surface area (Å²) in [6, 6.07) is 13.4. The summed E-state index contributed by atoms with van der Waals surface area (Å²) in [5.41, 5.74) is 1.46. The van der Waals surface area contributed by atoms with Crippen LogP contribution >= 0.6 is 0 Å². The van der Waals surface area contributed by atoms with Crippen molar-refractivity contribution in [1.82, 2.24) is 15.5 Å². The smallest absolute Gasteiger partial charge is 0.239 e. The zero-order valence-electron chi connectivity index (χ0n) is 17.4. The molecule has 2 amide bonds. The molecule has 8 heteroatoms. The molecular weight excluding hydrogens is 401 g/mol. The third-order valence-corrected chi connectivity index (χ3v) is 4.87. The van der Waals surface area contributed by atoms with E-state index in [2.05, 4.69) is 15.5 Å². The van der Waals surface area contributed by atoms with Crippen LogP contribution in [0.15, 0.2) is 48.5 Å². The van der Waals surface area contributed by atoms with Gasteiger partial charge in [-0.1, -0.05) is 24.3 Å². The number of amides is 2. The van der Waals surface area contributed by atoms with E-state index in [9.17, 15) is 14.0 Å². The van der Waals surface area contributed by atoms with Crippen LogP contribution in [0.2, 0.25) is 0 Å². The molecule has 1 aliphatic rings. The van der Waals surface area contributed by atoms with Crippen molar-refractivity contribution in [3.05, 3.63) is 65.5 Å². The number of morpholine rings is 1. The molecule has 0 bridgehead atoms. The average molecular weight is 429 g/mol. The lowest BCUT2D eigenvalue weighted by molar-refractivity contribution is -0.125. The molecule has 0 radical (unpaired) electrons. The van der Waals surface area contributed by atoms with Crippen molar-refractivity contribution in [3.63, 3.8) is 0 Å². The van der Waals surface area contributed by atoms with Gasteiger partial charge in [0, 0.05) is 26.2 Å². The van der Waals surface area contributed by atoms with E-state index in [-0.39, 0.29) is 24.8 Å². The minimum atomic E-state index is -0.393. The molecule has 0 saturated carbocycles. The SMILES string of the molecule is O=C(CNC(=O)Cc1cccc(F)c1)NCc1cccc(OCCN2CCOCC2)c1. The van der Waals surface area contributed by atoms with Crippen LogP contribution in [0.5, 0.6) is 5.75 Å². The van der Waals surface area contributed by atoms with Gasteiger partial charge in [-0.15, -0.1) is 0 Å². The van der Waals surface area contributed by atoms with Crippen LogP contribution in [-0.2, 0) is 27.3 Å². The molecule has 31 heavy (non-hydrogen) atoms. The van der Waals surface area contributed by atoms with Crippen LogP contribution in [0.1, 0.15) is 11.1 Å². The zero-order valence-corrected chi connectivity index (χ0v) is 17.4. The first-order valence-electron chi connectivity index (χ1n) is 10.4. The molecule has 1 aliphatic heterocycles. The summed E-state index contributed by atoms with van der Waals surface area (Å²) < 4.78 is 24.3. The maximum Gasteiger partial charge on any atom is 0.239 e. The van der Waals surface area contributed by atoms with Crippen LogP contribution in [-0.4, -0.2) is 62.7 Å². The van der Waals surface area contributed by atoms with Gasteiger partial charge < -0.3 is 20.1 Å². The minimum Gasteiger partial charge on any atom is -0.492 e. The molecule has 2 aromatic carbocycles. The lowest BCUT2D eigenvalue weighted by Crippen LogP contribution is -2.38. The molecule has 0 aliphatic carbocycles. The Labute approximate surface area is 181 Å². The molecule has 0 spiro atoms. The number of nitrogens with zero attached hydrogens (tertiary/aromatic N) is 1. The highest BCUT2D eigenvalue weighted by atomic mass is 19.1. The normalized spacial score (nSPS) is 14.1. The van der Waals surface area contributed by atoms with Crippen LogP contribution in [0.25, 0.3) is 0 Å². The van der Waals surface area contributed by atoms with Crippen molar-refractivity contribution in [3.8, 4) is 5.75 Å². The first-order valence-corrected chi connectivity index (χ1v) is 10.4. The van der Waals surface area contributed by atoms with E-state index >= 15 is 0 Å². The van der Waals surface area contributed by atoms with Gasteiger partial charge in [0.1, 0.15) is 18.2 Å². The Hall–Kier alpha value is -2.97. The molecule has 0 atom stereocenters. The number of rotatable bonds is 10. The van der Waals surface area contributed by atoms with Gasteiger partial charge in [-0.2, -0.15) is 0 Å². The molecule has 1 saturated heterocycles. The van der Waals surface area contributed by atoms with E-state index in [0.29, 0.717) is 18.7 Å².